The molecule has 0 spiro atoms. The molecule has 4 N–H and O–H groups in total. The van der Waals surface area contributed by atoms with Crippen LogP contribution >= 0.6 is 11.3 Å². The molecule has 1 saturated heterocycles. The predicted molar refractivity (Wildman–Crippen MR) is 113 cm³/mol. The minimum absolute atomic E-state index is 0.0232. The number of carbonyl (C=O) groups is 1. The Morgan fingerprint density at radius 1 is 1.29 bits per heavy atom. The van der Waals surface area contributed by atoms with Crippen LogP contribution in [0.2, 0.25) is 0 Å². The van der Waals surface area contributed by atoms with Crippen molar-refractivity contribution in [2.24, 2.45) is 5.92 Å². The normalized spacial score (nSPS) is 14.4. The van der Waals surface area contributed by atoms with Crippen LogP contribution in [0.1, 0.15) is 23.3 Å². The third kappa shape index (κ3) is 4.78. The molecule has 1 fully saturated rings. The molecule has 3 aromatic rings. The maximum Gasteiger partial charge on any atom is 0.277 e. The zero-order valence-corrected chi connectivity index (χ0v) is 17.2. The van der Waals surface area contributed by atoms with Gasteiger partial charge in [0.2, 0.25) is 5.88 Å². The molecule has 0 saturated carbocycles. The Labute approximate surface area is 180 Å². The van der Waals surface area contributed by atoms with Gasteiger partial charge < -0.3 is 21.1 Å². The number of nitrogen functional groups attached to an aromatic ring is 1. The molecule has 31 heavy (non-hydrogen) atoms. The number of nitrogens with zero attached hydrogens (tertiary/aromatic N) is 3. The van der Waals surface area contributed by atoms with E-state index in [-0.39, 0.29) is 32.8 Å². The van der Waals surface area contributed by atoms with Crippen LogP contribution < -0.4 is 21.1 Å². The summed E-state index contributed by atoms with van der Waals surface area (Å²) in [7, 11) is 0. The van der Waals surface area contributed by atoms with E-state index in [0.717, 1.165) is 49.4 Å². The molecule has 2 aromatic heterocycles. The number of nitrogens with one attached hydrogen (secondary N) is 2. The zero-order chi connectivity index (χ0) is 21.8. The Morgan fingerprint density at radius 3 is 2.77 bits per heavy atom. The fourth-order valence-corrected chi connectivity index (χ4v) is 4.13. The molecule has 0 bridgehead atoms. The van der Waals surface area contributed by atoms with E-state index in [0.29, 0.717) is 12.5 Å². The maximum absolute atomic E-state index is 14.1. The minimum atomic E-state index is -0.786. The number of nitrogens with two attached hydrogens (primary N) is 1. The number of thiazole rings is 1. The molecule has 1 aliphatic rings. The summed E-state index contributed by atoms with van der Waals surface area (Å²) in [4.78, 5) is 24.8. The van der Waals surface area contributed by atoms with Crippen LogP contribution in [-0.4, -0.2) is 40.6 Å². The van der Waals surface area contributed by atoms with Gasteiger partial charge in [-0.1, -0.05) is 17.4 Å². The Balaban J connectivity index is 1.51. The van der Waals surface area contributed by atoms with E-state index in [2.05, 4.69) is 25.6 Å². The average molecular weight is 446 g/mol. The van der Waals surface area contributed by atoms with Crippen molar-refractivity contribution in [3.8, 4) is 16.5 Å². The second kappa shape index (κ2) is 9.31. The number of halogens is 2. The Kier molecular flexibility index (Phi) is 6.33. The average Bonchev–Trinajstić information content (AvgIpc) is 3.15. The van der Waals surface area contributed by atoms with E-state index in [9.17, 15) is 13.6 Å². The van der Waals surface area contributed by atoms with Crippen LogP contribution in [0.15, 0.2) is 30.7 Å². The lowest BCUT2D eigenvalue weighted by Gasteiger charge is -2.22. The highest BCUT2D eigenvalue weighted by Crippen LogP contribution is 2.34. The lowest BCUT2D eigenvalue weighted by Crippen LogP contribution is -2.30. The second-order valence-corrected chi connectivity index (χ2v) is 8.06. The third-order valence-electron chi connectivity index (χ3n) is 4.88. The first-order chi connectivity index (χ1) is 15.0. The molecule has 1 aromatic carbocycles. The molecule has 162 valence electrons. The van der Waals surface area contributed by atoms with Crippen molar-refractivity contribution in [2.75, 3.05) is 30.7 Å². The predicted octanol–water partition coefficient (Wildman–Crippen LogP) is 3.09. The van der Waals surface area contributed by atoms with Crippen molar-refractivity contribution in [2.45, 2.75) is 12.8 Å². The van der Waals surface area contributed by atoms with Crippen LogP contribution in [0.3, 0.4) is 0 Å². The quantitative estimate of drug-likeness (QED) is 0.533. The van der Waals surface area contributed by atoms with E-state index in [1.54, 1.807) is 0 Å². The summed E-state index contributed by atoms with van der Waals surface area (Å²) in [5, 5.41) is 5.92. The lowest BCUT2D eigenvalue weighted by molar-refractivity contribution is 0.102. The summed E-state index contributed by atoms with van der Waals surface area (Å²) in [6.07, 6.45) is 4.72. The minimum Gasteiger partial charge on any atom is -0.476 e. The number of hydrogen-bond acceptors (Lipinski definition) is 8. The fraction of sp³-hybridized carbons (Fsp3) is 0.300. The topological polar surface area (TPSA) is 115 Å². The third-order valence-corrected chi connectivity index (χ3v) is 5.79. The van der Waals surface area contributed by atoms with Crippen LogP contribution in [0.25, 0.3) is 10.6 Å². The molecule has 0 atom stereocenters. The molecule has 4 rings (SSSR count). The van der Waals surface area contributed by atoms with Crippen molar-refractivity contribution in [3.05, 3.63) is 48.1 Å². The summed E-state index contributed by atoms with van der Waals surface area (Å²) in [5.41, 5.74) is 5.70. The number of aromatic nitrogens is 3. The first-order valence-corrected chi connectivity index (χ1v) is 10.5. The van der Waals surface area contributed by atoms with Gasteiger partial charge in [-0.15, -0.1) is 0 Å². The number of amides is 1. The number of ether oxygens (including phenoxy) is 1. The van der Waals surface area contributed by atoms with Gasteiger partial charge in [-0.2, -0.15) is 4.98 Å². The van der Waals surface area contributed by atoms with E-state index < -0.39 is 17.5 Å². The second-order valence-electron chi connectivity index (χ2n) is 7.03. The Bertz CT molecular complexity index is 1070. The molecule has 11 heteroatoms. The van der Waals surface area contributed by atoms with Gasteiger partial charge in [-0.3, -0.25) is 4.79 Å². The molecular formula is C20H20F2N6O2S. The van der Waals surface area contributed by atoms with Gasteiger partial charge >= 0.3 is 0 Å². The highest BCUT2D eigenvalue weighted by molar-refractivity contribution is 7.19. The molecule has 0 radical (unpaired) electrons. The smallest absolute Gasteiger partial charge is 0.277 e. The van der Waals surface area contributed by atoms with Gasteiger partial charge in [0.25, 0.3) is 5.91 Å². The number of carbonyl (C=O) groups excluding carboxylic acids is 1. The summed E-state index contributed by atoms with van der Waals surface area (Å²) < 4.78 is 33.9. The number of anilines is 2. The van der Waals surface area contributed by atoms with Crippen LogP contribution in [0.4, 0.5) is 19.5 Å². The molecular weight excluding hydrogens is 426 g/mol. The number of piperidine rings is 1. The largest absolute Gasteiger partial charge is 0.476 e. The summed E-state index contributed by atoms with van der Waals surface area (Å²) in [6.45, 7) is 2.35. The molecule has 8 nitrogen and oxygen atoms in total. The van der Waals surface area contributed by atoms with Crippen molar-refractivity contribution >= 4 is 27.9 Å². The van der Waals surface area contributed by atoms with Gasteiger partial charge in [0.1, 0.15) is 33.7 Å². The van der Waals surface area contributed by atoms with E-state index in [4.69, 9.17) is 10.5 Å². The zero-order valence-electron chi connectivity index (χ0n) is 16.4. The molecule has 1 amide bonds. The van der Waals surface area contributed by atoms with E-state index in [1.165, 1.54) is 18.6 Å². The van der Waals surface area contributed by atoms with E-state index >= 15 is 0 Å². The number of hydrogen-bond donors (Lipinski definition) is 3. The van der Waals surface area contributed by atoms with Crippen LogP contribution in [-0.2, 0) is 0 Å². The lowest BCUT2D eigenvalue weighted by atomic mass is 9.99. The Morgan fingerprint density at radius 2 is 2.03 bits per heavy atom. The Hall–Kier alpha value is -3.18. The fourth-order valence-electron chi connectivity index (χ4n) is 3.25. The molecule has 3 heterocycles. The standard InChI is InChI=1S/C20H20F2N6O2S/c21-12-2-1-3-13(22)15(12)20-28-16(17(23)31-20)18(29)27-14-8-25-10-26-19(14)30-9-11-4-6-24-7-5-11/h1-3,8,10-11,24H,4-7,9,23H2,(H,27,29). The van der Waals surface area contributed by atoms with E-state index in [1.807, 2.05) is 0 Å². The van der Waals surface area contributed by atoms with Crippen LogP contribution in [0.5, 0.6) is 5.88 Å². The number of rotatable bonds is 6. The van der Waals surface area contributed by atoms with Crippen molar-refractivity contribution in [3.63, 3.8) is 0 Å². The van der Waals surface area contributed by atoms with Gasteiger partial charge in [0.15, 0.2) is 5.69 Å². The van der Waals surface area contributed by atoms with Gasteiger partial charge in [-0.25, -0.2) is 18.7 Å². The van der Waals surface area contributed by atoms with Gasteiger partial charge in [0, 0.05) is 0 Å². The van der Waals surface area contributed by atoms with Crippen molar-refractivity contribution < 1.29 is 18.3 Å². The van der Waals surface area contributed by atoms with Crippen molar-refractivity contribution in [1.29, 1.82) is 0 Å². The highest BCUT2D eigenvalue weighted by Gasteiger charge is 2.23. The van der Waals surface area contributed by atoms with Gasteiger partial charge in [-0.05, 0) is 44.0 Å². The summed E-state index contributed by atoms with van der Waals surface area (Å²) in [5.74, 6) is -1.60. The highest BCUT2D eigenvalue weighted by atomic mass is 32.1. The van der Waals surface area contributed by atoms with Gasteiger partial charge in [0.05, 0.1) is 18.4 Å². The summed E-state index contributed by atoms with van der Waals surface area (Å²) in [6, 6.07) is 3.48. The summed E-state index contributed by atoms with van der Waals surface area (Å²) >= 11 is 0.825. The molecule has 0 aliphatic carbocycles. The molecule has 0 unspecified atom stereocenters. The maximum atomic E-state index is 14.1. The molecule has 1 aliphatic heterocycles. The SMILES string of the molecule is Nc1sc(-c2c(F)cccc2F)nc1C(=O)Nc1cncnc1OCC1CCNCC1. The number of benzene rings is 1. The van der Waals surface area contributed by atoms with Crippen LogP contribution in [0, 0.1) is 17.6 Å². The monoisotopic (exact) mass is 446 g/mol. The first-order valence-electron chi connectivity index (χ1n) is 9.68. The van der Waals surface area contributed by atoms with Crippen molar-refractivity contribution in [1.82, 2.24) is 20.3 Å². The first kappa shape index (κ1) is 21.1.